The Balaban J connectivity index is 1.55. The summed E-state index contributed by atoms with van der Waals surface area (Å²) in [5.41, 5.74) is 1.03. The molecule has 2 heterocycles. The van der Waals surface area contributed by atoms with Gasteiger partial charge < -0.3 is 9.80 Å². The summed E-state index contributed by atoms with van der Waals surface area (Å²) in [7, 11) is 1.84. The Morgan fingerprint density at radius 1 is 1.28 bits per heavy atom. The molecule has 5 heteroatoms. The quantitative estimate of drug-likeness (QED) is 0.826. The number of hydrogen-bond acceptors (Lipinski definition) is 3. The molecule has 2 fully saturated rings. The second kappa shape index (κ2) is 8.45. The molecule has 0 radical (unpaired) electrons. The smallest absolute Gasteiger partial charge is 0.227 e. The van der Waals surface area contributed by atoms with Gasteiger partial charge in [0.1, 0.15) is 0 Å². The molecule has 25 heavy (non-hydrogen) atoms. The van der Waals surface area contributed by atoms with E-state index in [0.29, 0.717) is 31.8 Å². The first kappa shape index (κ1) is 17.9. The van der Waals surface area contributed by atoms with Gasteiger partial charge in [-0.05, 0) is 36.8 Å². The van der Waals surface area contributed by atoms with Crippen LogP contribution in [0.25, 0.3) is 0 Å². The van der Waals surface area contributed by atoms with Crippen LogP contribution in [0.4, 0.5) is 0 Å². The van der Waals surface area contributed by atoms with Crippen LogP contribution >= 0.6 is 0 Å². The zero-order valence-corrected chi connectivity index (χ0v) is 15.2. The molecule has 1 atom stereocenters. The van der Waals surface area contributed by atoms with Gasteiger partial charge in [-0.2, -0.15) is 0 Å². The number of pyridine rings is 1. The third-order valence-electron chi connectivity index (χ3n) is 5.57. The Hall–Kier alpha value is -1.91. The van der Waals surface area contributed by atoms with E-state index in [2.05, 4.69) is 4.98 Å². The second-order valence-electron chi connectivity index (χ2n) is 7.59. The van der Waals surface area contributed by atoms with E-state index in [-0.39, 0.29) is 17.7 Å². The number of amides is 2. The molecule has 0 unspecified atom stereocenters. The second-order valence-corrected chi connectivity index (χ2v) is 7.59. The van der Waals surface area contributed by atoms with Crippen LogP contribution < -0.4 is 0 Å². The summed E-state index contributed by atoms with van der Waals surface area (Å²) in [6.45, 7) is 2.00. The van der Waals surface area contributed by atoms with E-state index in [9.17, 15) is 9.59 Å². The van der Waals surface area contributed by atoms with E-state index < -0.39 is 0 Å². The van der Waals surface area contributed by atoms with E-state index >= 15 is 0 Å². The van der Waals surface area contributed by atoms with Gasteiger partial charge in [0.25, 0.3) is 0 Å². The van der Waals surface area contributed by atoms with Gasteiger partial charge in [0, 0.05) is 45.5 Å². The average molecular weight is 343 g/mol. The van der Waals surface area contributed by atoms with Crippen molar-refractivity contribution in [1.29, 1.82) is 0 Å². The molecule has 0 N–H and O–H groups in total. The van der Waals surface area contributed by atoms with Crippen molar-refractivity contribution in [2.75, 3.05) is 20.1 Å². The van der Waals surface area contributed by atoms with Gasteiger partial charge in [0.05, 0.1) is 5.92 Å². The Morgan fingerprint density at radius 2 is 2.08 bits per heavy atom. The summed E-state index contributed by atoms with van der Waals surface area (Å²) in [4.78, 5) is 32.9. The molecule has 1 saturated carbocycles. The van der Waals surface area contributed by atoms with Crippen molar-refractivity contribution < 1.29 is 9.59 Å². The first-order chi connectivity index (χ1) is 12.1. The summed E-state index contributed by atoms with van der Waals surface area (Å²) >= 11 is 0. The predicted molar refractivity (Wildman–Crippen MR) is 96.6 cm³/mol. The molecular weight excluding hydrogens is 314 g/mol. The molecule has 1 aromatic rings. The fraction of sp³-hybridized carbons (Fsp3) is 0.650. The minimum absolute atomic E-state index is 0.0667. The fourth-order valence-corrected chi connectivity index (χ4v) is 4.13. The predicted octanol–water partition coefficient (Wildman–Crippen LogP) is 2.86. The summed E-state index contributed by atoms with van der Waals surface area (Å²) in [6, 6.07) is 3.87. The third kappa shape index (κ3) is 4.80. The molecule has 3 rings (SSSR count). The van der Waals surface area contributed by atoms with Crippen LogP contribution in [0.1, 0.15) is 50.5 Å². The van der Waals surface area contributed by atoms with Gasteiger partial charge in [-0.3, -0.25) is 14.6 Å². The van der Waals surface area contributed by atoms with E-state index in [4.69, 9.17) is 0 Å². The highest BCUT2D eigenvalue weighted by Crippen LogP contribution is 2.27. The molecule has 5 nitrogen and oxygen atoms in total. The van der Waals surface area contributed by atoms with Crippen LogP contribution in [0.3, 0.4) is 0 Å². The van der Waals surface area contributed by atoms with Crippen LogP contribution in [0.15, 0.2) is 24.5 Å². The van der Waals surface area contributed by atoms with Crippen molar-refractivity contribution >= 4 is 11.8 Å². The molecule has 2 aliphatic rings. The van der Waals surface area contributed by atoms with Crippen molar-refractivity contribution in [3.63, 3.8) is 0 Å². The van der Waals surface area contributed by atoms with E-state index in [1.807, 2.05) is 24.1 Å². The molecule has 1 aromatic heterocycles. The number of carbonyl (C=O) groups excluding carboxylic acids is 2. The number of nitrogens with zero attached hydrogens (tertiary/aromatic N) is 3. The largest absolute Gasteiger partial charge is 0.342 e. The Labute approximate surface area is 150 Å². The standard InChI is InChI=1S/C20H29N3O2/c1-22(13-17-8-5-11-21-12-17)20(25)18-9-10-19(24)23(15-18)14-16-6-3-2-4-7-16/h5,8,11-12,16,18H,2-4,6-7,9-10,13-15H2,1H3/t18-/m0/s1. The van der Waals surface area contributed by atoms with Crippen molar-refractivity contribution in [2.45, 2.75) is 51.5 Å². The summed E-state index contributed by atoms with van der Waals surface area (Å²) in [5, 5.41) is 0. The molecule has 1 saturated heterocycles. The molecule has 0 bridgehead atoms. The highest BCUT2D eigenvalue weighted by atomic mass is 16.2. The maximum atomic E-state index is 12.8. The number of piperidine rings is 1. The maximum Gasteiger partial charge on any atom is 0.227 e. The van der Waals surface area contributed by atoms with E-state index in [1.165, 1.54) is 32.1 Å². The summed E-state index contributed by atoms with van der Waals surface area (Å²) in [5.74, 6) is 0.928. The number of carbonyl (C=O) groups is 2. The van der Waals surface area contributed by atoms with Crippen molar-refractivity contribution in [1.82, 2.24) is 14.8 Å². The maximum absolute atomic E-state index is 12.8. The zero-order valence-electron chi connectivity index (χ0n) is 15.2. The van der Waals surface area contributed by atoms with Crippen molar-refractivity contribution in [2.24, 2.45) is 11.8 Å². The van der Waals surface area contributed by atoms with Crippen LogP contribution in [-0.4, -0.2) is 46.7 Å². The number of hydrogen-bond donors (Lipinski definition) is 0. The molecular formula is C20H29N3O2. The lowest BCUT2D eigenvalue weighted by molar-refractivity contribution is -0.143. The molecule has 2 amide bonds. The Bertz CT molecular complexity index is 584. The number of rotatable bonds is 5. The molecule has 0 spiro atoms. The molecule has 136 valence electrons. The highest BCUT2D eigenvalue weighted by Gasteiger charge is 2.33. The molecule has 1 aliphatic heterocycles. The van der Waals surface area contributed by atoms with Crippen LogP contribution in [0, 0.1) is 11.8 Å². The summed E-state index contributed by atoms with van der Waals surface area (Å²) in [6.07, 6.45) is 11.0. The van der Waals surface area contributed by atoms with Gasteiger partial charge >= 0.3 is 0 Å². The Morgan fingerprint density at radius 3 is 2.80 bits per heavy atom. The monoisotopic (exact) mass is 343 g/mol. The van der Waals surface area contributed by atoms with Crippen molar-refractivity contribution in [3.05, 3.63) is 30.1 Å². The van der Waals surface area contributed by atoms with Gasteiger partial charge in [0.15, 0.2) is 0 Å². The van der Waals surface area contributed by atoms with Gasteiger partial charge in [-0.25, -0.2) is 0 Å². The lowest BCUT2D eigenvalue weighted by Gasteiger charge is -2.36. The van der Waals surface area contributed by atoms with Crippen LogP contribution in [-0.2, 0) is 16.1 Å². The number of aromatic nitrogens is 1. The molecule has 0 aromatic carbocycles. The minimum Gasteiger partial charge on any atom is -0.342 e. The van der Waals surface area contributed by atoms with E-state index in [0.717, 1.165) is 12.1 Å². The SMILES string of the molecule is CN(Cc1cccnc1)C(=O)[C@H]1CCC(=O)N(CC2CCCCC2)C1. The van der Waals surface area contributed by atoms with E-state index in [1.54, 1.807) is 17.3 Å². The zero-order chi connectivity index (χ0) is 17.6. The third-order valence-corrected chi connectivity index (χ3v) is 5.57. The van der Waals surface area contributed by atoms with Crippen molar-refractivity contribution in [3.8, 4) is 0 Å². The van der Waals surface area contributed by atoms with Gasteiger partial charge in [-0.15, -0.1) is 0 Å². The average Bonchev–Trinajstić information content (AvgIpc) is 2.64. The van der Waals surface area contributed by atoms with Crippen LogP contribution in [0.5, 0.6) is 0 Å². The number of likely N-dealkylation sites (tertiary alicyclic amines) is 1. The molecule has 1 aliphatic carbocycles. The van der Waals surface area contributed by atoms with Gasteiger partial charge in [0.2, 0.25) is 11.8 Å². The topological polar surface area (TPSA) is 53.5 Å². The first-order valence-electron chi connectivity index (χ1n) is 9.55. The van der Waals surface area contributed by atoms with Gasteiger partial charge in [-0.1, -0.05) is 25.3 Å². The van der Waals surface area contributed by atoms with Crippen LogP contribution in [0.2, 0.25) is 0 Å². The first-order valence-corrected chi connectivity index (χ1v) is 9.55. The lowest BCUT2D eigenvalue weighted by atomic mass is 9.87. The minimum atomic E-state index is -0.0667. The normalized spacial score (nSPS) is 22.0. The fourth-order valence-electron chi connectivity index (χ4n) is 4.13. The highest BCUT2D eigenvalue weighted by molar-refractivity contribution is 5.83. The summed E-state index contributed by atoms with van der Waals surface area (Å²) < 4.78 is 0. The lowest BCUT2D eigenvalue weighted by Crippen LogP contribution is -2.47. The Kier molecular flexibility index (Phi) is 6.05.